The number of para-hydroxylation sites is 1. The number of nitrogens with zero attached hydrogens (tertiary/aromatic N) is 1. The molecule has 0 spiro atoms. The Balaban J connectivity index is 1.33. The van der Waals surface area contributed by atoms with Gasteiger partial charge in [0.05, 0.1) is 18.3 Å². The second-order valence-corrected chi connectivity index (χ2v) is 6.97. The molecule has 1 aromatic heterocycles. The maximum absolute atomic E-state index is 12.5. The average Bonchev–Trinajstić information content (AvgIpc) is 3.36. The Labute approximate surface area is 143 Å². The van der Waals surface area contributed by atoms with Crippen LogP contribution in [0.4, 0.5) is 0 Å². The maximum Gasteiger partial charge on any atom is 0.337 e. The first-order valence-corrected chi connectivity index (χ1v) is 8.45. The van der Waals surface area contributed by atoms with Crippen LogP contribution in [0.3, 0.4) is 0 Å². The van der Waals surface area contributed by atoms with Gasteiger partial charge in [-0.25, -0.2) is 4.79 Å². The van der Waals surface area contributed by atoms with Gasteiger partial charge in [0.1, 0.15) is 0 Å². The molecule has 1 N–H and O–H groups in total. The number of nitrogens with one attached hydrogen (secondary N) is 1. The quantitative estimate of drug-likeness (QED) is 0.686. The molecule has 2 aromatic rings. The summed E-state index contributed by atoms with van der Waals surface area (Å²) in [5.41, 5.74) is 1.71. The minimum absolute atomic E-state index is 0.00150. The molecule has 126 valence electrons. The number of carbonyl (C=O) groups excluding carboxylic acids is 3. The normalized spacial score (nSPS) is 29.7. The Kier molecular flexibility index (Phi) is 2.92. The van der Waals surface area contributed by atoms with E-state index < -0.39 is 5.97 Å². The molecule has 1 aromatic carbocycles. The number of hydrogen-bond acceptors (Lipinski definition) is 4. The van der Waals surface area contributed by atoms with Crippen LogP contribution in [-0.2, 0) is 25.6 Å². The van der Waals surface area contributed by atoms with Gasteiger partial charge in [0.15, 0.2) is 0 Å². The summed E-state index contributed by atoms with van der Waals surface area (Å²) in [7, 11) is 0. The fourth-order valence-corrected chi connectivity index (χ4v) is 4.53. The van der Waals surface area contributed by atoms with E-state index in [0.29, 0.717) is 5.06 Å². The van der Waals surface area contributed by atoms with Crippen LogP contribution in [0.1, 0.15) is 12.0 Å². The summed E-state index contributed by atoms with van der Waals surface area (Å²) >= 11 is 0. The number of aromatic nitrogens is 1. The molecule has 2 amide bonds. The van der Waals surface area contributed by atoms with Gasteiger partial charge < -0.3 is 9.82 Å². The summed E-state index contributed by atoms with van der Waals surface area (Å²) in [4.78, 5) is 45.6. The molecule has 3 aliphatic rings. The summed E-state index contributed by atoms with van der Waals surface area (Å²) < 4.78 is 0. The Morgan fingerprint density at radius 3 is 2.52 bits per heavy atom. The van der Waals surface area contributed by atoms with Gasteiger partial charge in [0.2, 0.25) is 0 Å². The number of rotatable bonds is 3. The highest BCUT2D eigenvalue weighted by molar-refractivity contribution is 6.06. The van der Waals surface area contributed by atoms with Crippen molar-refractivity contribution in [3.63, 3.8) is 0 Å². The first-order valence-electron chi connectivity index (χ1n) is 8.45. The van der Waals surface area contributed by atoms with Crippen LogP contribution in [0.2, 0.25) is 0 Å². The summed E-state index contributed by atoms with van der Waals surface area (Å²) in [6, 6.07) is 7.63. The van der Waals surface area contributed by atoms with Crippen LogP contribution < -0.4 is 0 Å². The number of H-pyrrole nitrogens is 1. The van der Waals surface area contributed by atoms with Crippen molar-refractivity contribution in [1.82, 2.24) is 10.0 Å². The van der Waals surface area contributed by atoms with Crippen molar-refractivity contribution in [2.24, 2.45) is 23.7 Å². The van der Waals surface area contributed by atoms with Gasteiger partial charge >= 0.3 is 5.97 Å². The van der Waals surface area contributed by atoms with Crippen molar-refractivity contribution in [3.05, 3.63) is 48.2 Å². The van der Waals surface area contributed by atoms with Gasteiger partial charge in [-0.3, -0.25) is 9.59 Å². The fraction of sp³-hybridized carbons (Fsp3) is 0.316. The molecular weight excluding hydrogens is 320 g/mol. The standard InChI is InChI=1S/C19H16N2O4/c22-15(8-12-9-20-14-4-2-1-3-13(12)14)25-21-18(23)16-10-5-6-11(7-10)17(16)19(21)24/h1-6,9-11,16-17,20H,7-8H2. The molecule has 2 bridgehead atoms. The number of carbonyl (C=O) groups is 3. The van der Waals surface area contributed by atoms with Crippen LogP contribution in [0.25, 0.3) is 10.9 Å². The van der Waals surface area contributed by atoms with E-state index in [1.54, 1.807) is 6.20 Å². The molecule has 2 heterocycles. The minimum atomic E-state index is -0.605. The largest absolute Gasteiger partial charge is 0.361 e. The lowest BCUT2D eigenvalue weighted by Crippen LogP contribution is -2.35. The van der Waals surface area contributed by atoms with Gasteiger partial charge in [-0.2, -0.15) is 0 Å². The summed E-state index contributed by atoms with van der Waals surface area (Å²) in [5.74, 6) is -1.87. The first-order chi connectivity index (χ1) is 12.1. The Morgan fingerprint density at radius 2 is 1.80 bits per heavy atom. The van der Waals surface area contributed by atoms with Crippen molar-refractivity contribution in [1.29, 1.82) is 0 Å². The lowest BCUT2D eigenvalue weighted by atomic mass is 9.85. The minimum Gasteiger partial charge on any atom is -0.361 e. The molecule has 6 heteroatoms. The first kappa shape index (κ1) is 14.5. The second-order valence-electron chi connectivity index (χ2n) is 6.97. The van der Waals surface area contributed by atoms with E-state index >= 15 is 0 Å². The van der Waals surface area contributed by atoms with Crippen molar-refractivity contribution < 1.29 is 19.2 Å². The van der Waals surface area contributed by atoms with Crippen LogP contribution >= 0.6 is 0 Å². The number of amides is 2. The van der Waals surface area contributed by atoms with Crippen LogP contribution in [0.5, 0.6) is 0 Å². The van der Waals surface area contributed by atoms with Crippen molar-refractivity contribution in [2.45, 2.75) is 12.8 Å². The lowest BCUT2D eigenvalue weighted by Gasteiger charge is -2.15. The third kappa shape index (κ3) is 2.00. The van der Waals surface area contributed by atoms with E-state index in [-0.39, 0.29) is 41.9 Å². The third-order valence-corrected chi connectivity index (χ3v) is 5.63. The fourth-order valence-electron chi connectivity index (χ4n) is 4.53. The SMILES string of the molecule is O=C(Cc1c[nH]c2ccccc12)ON1C(=O)C2C3C=CC(C3)C2C1=O. The highest BCUT2D eigenvalue weighted by Crippen LogP contribution is 2.52. The zero-order chi connectivity index (χ0) is 17.1. The van der Waals surface area contributed by atoms with E-state index in [4.69, 9.17) is 4.84 Å². The summed E-state index contributed by atoms with van der Waals surface area (Å²) in [6.07, 6.45) is 6.62. The van der Waals surface area contributed by atoms with Crippen molar-refractivity contribution in [3.8, 4) is 0 Å². The highest BCUT2D eigenvalue weighted by Gasteiger charge is 2.60. The molecule has 5 rings (SSSR count). The number of fused-ring (bicyclic) bond motifs is 6. The number of hydrogen-bond donors (Lipinski definition) is 1. The lowest BCUT2D eigenvalue weighted by molar-refractivity contribution is -0.198. The van der Waals surface area contributed by atoms with Crippen molar-refractivity contribution in [2.75, 3.05) is 0 Å². The molecule has 2 aliphatic carbocycles. The van der Waals surface area contributed by atoms with Crippen molar-refractivity contribution >= 4 is 28.7 Å². The van der Waals surface area contributed by atoms with E-state index in [0.717, 1.165) is 22.9 Å². The molecule has 1 aliphatic heterocycles. The van der Waals surface area contributed by atoms with E-state index in [1.165, 1.54) is 0 Å². The summed E-state index contributed by atoms with van der Waals surface area (Å²) in [5, 5.41) is 1.64. The number of aromatic amines is 1. The number of imide groups is 1. The highest BCUT2D eigenvalue weighted by atomic mass is 16.7. The zero-order valence-electron chi connectivity index (χ0n) is 13.3. The Morgan fingerprint density at radius 1 is 1.12 bits per heavy atom. The van der Waals surface area contributed by atoms with E-state index in [1.807, 2.05) is 36.4 Å². The molecule has 4 atom stereocenters. The van der Waals surface area contributed by atoms with E-state index in [9.17, 15) is 14.4 Å². The Bertz CT molecular complexity index is 914. The molecule has 0 radical (unpaired) electrons. The molecular formula is C19H16N2O4. The van der Waals surface area contributed by atoms with Crippen LogP contribution in [0.15, 0.2) is 42.6 Å². The second kappa shape index (κ2) is 5.05. The number of benzene rings is 1. The smallest absolute Gasteiger partial charge is 0.337 e. The Hall–Kier alpha value is -2.89. The van der Waals surface area contributed by atoms with Crippen LogP contribution in [-0.4, -0.2) is 27.8 Å². The third-order valence-electron chi connectivity index (χ3n) is 5.63. The molecule has 25 heavy (non-hydrogen) atoms. The summed E-state index contributed by atoms with van der Waals surface area (Å²) in [6.45, 7) is 0. The van der Waals surface area contributed by atoms with Gasteiger partial charge in [0.25, 0.3) is 11.8 Å². The zero-order valence-corrected chi connectivity index (χ0v) is 13.3. The van der Waals surface area contributed by atoms with Crippen LogP contribution in [0, 0.1) is 23.7 Å². The molecule has 1 saturated carbocycles. The number of allylic oxidation sites excluding steroid dienone is 2. The topological polar surface area (TPSA) is 79.5 Å². The van der Waals surface area contributed by atoms with Gasteiger partial charge in [0, 0.05) is 17.1 Å². The van der Waals surface area contributed by atoms with Gasteiger partial charge in [-0.1, -0.05) is 30.4 Å². The molecule has 2 fully saturated rings. The monoisotopic (exact) mass is 336 g/mol. The molecule has 4 unspecified atom stereocenters. The predicted octanol–water partition coefficient (Wildman–Crippen LogP) is 1.98. The van der Waals surface area contributed by atoms with Gasteiger partial charge in [-0.05, 0) is 29.9 Å². The predicted molar refractivity (Wildman–Crippen MR) is 87.7 cm³/mol. The number of hydroxylamine groups is 2. The average molecular weight is 336 g/mol. The van der Waals surface area contributed by atoms with Gasteiger partial charge in [-0.15, -0.1) is 5.06 Å². The molecule has 1 saturated heterocycles. The molecule has 6 nitrogen and oxygen atoms in total. The van der Waals surface area contributed by atoms with E-state index in [2.05, 4.69) is 4.98 Å². The maximum atomic E-state index is 12.5.